The van der Waals surface area contributed by atoms with E-state index in [4.69, 9.17) is 4.74 Å². The van der Waals surface area contributed by atoms with Crippen LogP contribution in [0, 0.1) is 0 Å². The maximum Gasteiger partial charge on any atom is 0.0588 e. The lowest BCUT2D eigenvalue weighted by Crippen LogP contribution is -2.46. The summed E-state index contributed by atoms with van der Waals surface area (Å²) >= 11 is 0. The molecule has 2 aliphatic rings. The van der Waals surface area contributed by atoms with E-state index in [-0.39, 0.29) is 5.54 Å². The number of hydrogen-bond donors (Lipinski definition) is 1. The summed E-state index contributed by atoms with van der Waals surface area (Å²) in [6.45, 7) is 10.4. The largest absolute Gasteiger partial charge is 0.378 e. The summed E-state index contributed by atoms with van der Waals surface area (Å²) in [4.78, 5) is 2.60. The standard InChI is InChI=1S/C13H26N2O/c1-13(2)11-15(8-4-7-14-13)9-6-12-5-3-10-16-12/h12,14H,3-11H2,1-2H3. The van der Waals surface area contributed by atoms with E-state index in [1.54, 1.807) is 0 Å². The molecular formula is C13H26N2O. The number of hydrogen-bond acceptors (Lipinski definition) is 3. The van der Waals surface area contributed by atoms with Crippen LogP contribution < -0.4 is 5.32 Å². The van der Waals surface area contributed by atoms with E-state index in [1.807, 2.05) is 0 Å². The van der Waals surface area contributed by atoms with Gasteiger partial charge < -0.3 is 15.0 Å². The summed E-state index contributed by atoms with van der Waals surface area (Å²) in [7, 11) is 0. The first kappa shape index (κ1) is 12.3. The van der Waals surface area contributed by atoms with Crippen LogP contribution in [0.5, 0.6) is 0 Å². The molecule has 0 saturated carbocycles. The third kappa shape index (κ3) is 3.72. The molecule has 2 saturated heterocycles. The monoisotopic (exact) mass is 226 g/mol. The fraction of sp³-hybridized carbons (Fsp3) is 1.00. The zero-order valence-corrected chi connectivity index (χ0v) is 10.8. The maximum absolute atomic E-state index is 5.68. The third-order valence-electron chi connectivity index (χ3n) is 3.66. The van der Waals surface area contributed by atoms with Crippen molar-refractivity contribution in [3.05, 3.63) is 0 Å². The second-order valence-corrected chi connectivity index (χ2v) is 5.86. The van der Waals surface area contributed by atoms with Gasteiger partial charge in [-0.25, -0.2) is 0 Å². The molecule has 0 aromatic carbocycles. The zero-order chi connectivity index (χ0) is 11.4. The van der Waals surface area contributed by atoms with E-state index >= 15 is 0 Å². The highest BCUT2D eigenvalue weighted by Gasteiger charge is 2.24. The van der Waals surface area contributed by atoms with Crippen molar-refractivity contribution >= 4 is 0 Å². The molecule has 2 rings (SSSR count). The SMILES string of the molecule is CC1(C)CN(CCC2CCCO2)CCCN1. The van der Waals surface area contributed by atoms with Crippen LogP contribution in [0.2, 0.25) is 0 Å². The van der Waals surface area contributed by atoms with E-state index < -0.39 is 0 Å². The molecular weight excluding hydrogens is 200 g/mol. The van der Waals surface area contributed by atoms with E-state index in [9.17, 15) is 0 Å². The molecule has 1 unspecified atom stereocenters. The summed E-state index contributed by atoms with van der Waals surface area (Å²) in [6.07, 6.45) is 5.57. The van der Waals surface area contributed by atoms with Gasteiger partial charge in [0.1, 0.15) is 0 Å². The molecule has 0 aromatic rings. The minimum atomic E-state index is 0.271. The van der Waals surface area contributed by atoms with Crippen molar-refractivity contribution in [3.63, 3.8) is 0 Å². The molecule has 3 nitrogen and oxygen atoms in total. The molecule has 0 aliphatic carbocycles. The molecule has 3 heteroatoms. The molecule has 0 aromatic heterocycles. The Bertz CT molecular complexity index is 212. The van der Waals surface area contributed by atoms with Crippen LogP contribution in [0.25, 0.3) is 0 Å². The molecule has 2 heterocycles. The second-order valence-electron chi connectivity index (χ2n) is 5.86. The van der Waals surface area contributed by atoms with Crippen molar-refractivity contribution in [1.29, 1.82) is 0 Å². The first-order chi connectivity index (χ1) is 7.66. The van der Waals surface area contributed by atoms with Crippen LogP contribution in [0.3, 0.4) is 0 Å². The quantitative estimate of drug-likeness (QED) is 0.791. The molecule has 0 radical (unpaired) electrons. The summed E-state index contributed by atoms with van der Waals surface area (Å²) in [6, 6.07) is 0. The van der Waals surface area contributed by atoms with E-state index in [2.05, 4.69) is 24.1 Å². The van der Waals surface area contributed by atoms with Crippen molar-refractivity contribution in [2.24, 2.45) is 0 Å². The number of nitrogens with one attached hydrogen (secondary N) is 1. The normalized spacial score (nSPS) is 31.5. The Labute approximate surface area is 99.5 Å². The fourth-order valence-electron chi connectivity index (χ4n) is 2.81. The Kier molecular flexibility index (Phi) is 4.22. The highest BCUT2D eigenvalue weighted by molar-refractivity contribution is 4.85. The Morgan fingerprint density at radius 3 is 3.00 bits per heavy atom. The number of ether oxygens (including phenoxy) is 1. The zero-order valence-electron chi connectivity index (χ0n) is 10.8. The minimum Gasteiger partial charge on any atom is -0.378 e. The van der Waals surface area contributed by atoms with Gasteiger partial charge in [0.15, 0.2) is 0 Å². The molecule has 94 valence electrons. The molecule has 0 amide bonds. The van der Waals surface area contributed by atoms with Crippen LogP contribution in [0.15, 0.2) is 0 Å². The van der Waals surface area contributed by atoms with Crippen LogP contribution in [-0.2, 0) is 4.74 Å². The minimum absolute atomic E-state index is 0.271. The van der Waals surface area contributed by atoms with Crippen molar-refractivity contribution in [3.8, 4) is 0 Å². The van der Waals surface area contributed by atoms with Gasteiger partial charge in [0, 0.05) is 25.2 Å². The average Bonchev–Trinajstić information content (AvgIpc) is 2.67. The summed E-state index contributed by atoms with van der Waals surface area (Å²) in [5, 5.41) is 3.61. The highest BCUT2D eigenvalue weighted by Crippen LogP contribution is 2.17. The first-order valence-electron chi connectivity index (χ1n) is 6.75. The predicted molar refractivity (Wildman–Crippen MR) is 66.7 cm³/mol. The van der Waals surface area contributed by atoms with Crippen LogP contribution in [0.1, 0.15) is 39.5 Å². The van der Waals surface area contributed by atoms with Gasteiger partial charge in [-0.05, 0) is 52.6 Å². The molecule has 1 atom stereocenters. The van der Waals surface area contributed by atoms with Gasteiger partial charge >= 0.3 is 0 Å². The van der Waals surface area contributed by atoms with E-state index in [0.29, 0.717) is 6.10 Å². The third-order valence-corrected chi connectivity index (χ3v) is 3.66. The summed E-state index contributed by atoms with van der Waals surface area (Å²) < 4.78 is 5.68. The summed E-state index contributed by atoms with van der Waals surface area (Å²) in [5.74, 6) is 0. The average molecular weight is 226 g/mol. The van der Waals surface area contributed by atoms with Gasteiger partial charge in [-0.3, -0.25) is 0 Å². The van der Waals surface area contributed by atoms with E-state index in [1.165, 1.54) is 45.3 Å². The molecule has 2 aliphatic heterocycles. The fourth-order valence-corrected chi connectivity index (χ4v) is 2.81. The van der Waals surface area contributed by atoms with Crippen molar-refractivity contribution in [2.45, 2.75) is 51.2 Å². The van der Waals surface area contributed by atoms with E-state index in [0.717, 1.165) is 13.2 Å². The molecule has 0 spiro atoms. The lowest BCUT2D eigenvalue weighted by Gasteiger charge is -2.30. The molecule has 0 bridgehead atoms. The lowest BCUT2D eigenvalue weighted by molar-refractivity contribution is 0.0898. The van der Waals surface area contributed by atoms with Crippen molar-refractivity contribution in [1.82, 2.24) is 10.2 Å². The van der Waals surface area contributed by atoms with Crippen LogP contribution >= 0.6 is 0 Å². The Morgan fingerprint density at radius 1 is 1.38 bits per heavy atom. The lowest BCUT2D eigenvalue weighted by atomic mass is 10.1. The molecule has 2 fully saturated rings. The Balaban J connectivity index is 1.74. The van der Waals surface area contributed by atoms with Crippen LogP contribution in [-0.4, -0.2) is 49.3 Å². The van der Waals surface area contributed by atoms with Gasteiger partial charge in [0.25, 0.3) is 0 Å². The van der Waals surface area contributed by atoms with Crippen molar-refractivity contribution < 1.29 is 4.74 Å². The van der Waals surface area contributed by atoms with Gasteiger partial charge in [-0.1, -0.05) is 0 Å². The van der Waals surface area contributed by atoms with Gasteiger partial charge in [-0.2, -0.15) is 0 Å². The Morgan fingerprint density at radius 2 is 2.25 bits per heavy atom. The topological polar surface area (TPSA) is 24.5 Å². The highest BCUT2D eigenvalue weighted by atomic mass is 16.5. The first-order valence-corrected chi connectivity index (χ1v) is 6.75. The second kappa shape index (κ2) is 5.48. The number of nitrogens with zero attached hydrogens (tertiary/aromatic N) is 1. The van der Waals surface area contributed by atoms with Crippen LogP contribution in [0.4, 0.5) is 0 Å². The van der Waals surface area contributed by atoms with Gasteiger partial charge in [0.2, 0.25) is 0 Å². The predicted octanol–water partition coefficient (Wildman–Crippen LogP) is 1.63. The summed E-state index contributed by atoms with van der Waals surface area (Å²) in [5.41, 5.74) is 0.271. The molecule has 16 heavy (non-hydrogen) atoms. The number of rotatable bonds is 3. The molecule has 1 N–H and O–H groups in total. The maximum atomic E-state index is 5.68. The smallest absolute Gasteiger partial charge is 0.0588 e. The van der Waals surface area contributed by atoms with Crippen molar-refractivity contribution in [2.75, 3.05) is 32.8 Å². The Hall–Kier alpha value is -0.120. The van der Waals surface area contributed by atoms with Gasteiger partial charge in [-0.15, -0.1) is 0 Å². The van der Waals surface area contributed by atoms with Gasteiger partial charge in [0.05, 0.1) is 6.10 Å².